The van der Waals surface area contributed by atoms with Crippen molar-refractivity contribution >= 4 is 28.9 Å². The summed E-state index contributed by atoms with van der Waals surface area (Å²) in [6.07, 6.45) is 0.266. The van der Waals surface area contributed by atoms with Crippen LogP contribution >= 0.6 is 11.3 Å². The first-order valence-electron chi connectivity index (χ1n) is 8.60. The SMILES string of the molecule is O=C(NCc1cnc(-c2ccc(N3CCOC(=O)[C@@H]3O)cc2)o1)c1cccs1. The highest BCUT2D eigenvalue weighted by molar-refractivity contribution is 7.12. The maximum absolute atomic E-state index is 12.0. The van der Waals surface area contributed by atoms with Crippen LogP contribution in [0.1, 0.15) is 15.4 Å². The molecule has 3 aromatic rings. The minimum atomic E-state index is -1.31. The minimum Gasteiger partial charge on any atom is -0.460 e. The van der Waals surface area contributed by atoms with Gasteiger partial charge >= 0.3 is 5.97 Å². The molecule has 1 atom stereocenters. The van der Waals surface area contributed by atoms with Crippen molar-refractivity contribution in [1.29, 1.82) is 0 Å². The number of morpholine rings is 1. The number of carbonyl (C=O) groups excluding carboxylic acids is 2. The molecule has 9 heteroatoms. The van der Waals surface area contributed by atoms with E-state index in [2.05, 4.69) is 10.3 Å². The summed E-state index contributed by atoms with van der Waals surface area (Å²) in [5.41, 5.74) is 1.44. The van der Waals surface area contributed by atoms with Gasteiger partial charge in [-0.1, -0.05) is 6.07 Å². The number of nitrogens with zero attached hydrogens (tertiary/aromatic N) is 2. The predicted molar refractivity (Wildman–Crippen MR) is 102 cm³/mol. The molecule has 1 saturated heterocycles. The van der Waals surface area contributed by atoms with E-state index >= 15 is 0 Å². The molecule has 0 radical (unpaired) electrons. The summed E-state index contributed by atoms with van der Waals surface area (Å²) >= 11 is 1.37. The molecule has 0 aliphatic carbocycles. The molecular formula is C19H17N3O5S. The standard InChI is InChI=1S/C19H17N3O5S/c23-16(15-2-1-9-28-15)20-10-14-11-21-17(27-14)12-3-5-13(6-4-12)22-7-8-26-19(25)18(22)24/h1-6,9,11,18,24H,7-8,10H2,(H,20,23)/t18-/m0/s1. The number of aliphatic hydroxyl groups is 1. The molecule has 1 amide bonds. The second-order valence-corrected chi connectivity index (χ2v) is 7.02. The van der Waals surface area contributed by atoms with Crippen LogP contribution in [0.2, 0.25) is 0 Å². The molecule has 8 nitrogen and oxygen atoms in total. The fraction of sp³-hybridized carbons (Fsp3) is 0.211. The number of nitrogens with one attached hydrogen (secondary N) is 1. The van der Waals surface area contributed by atoms with E-state index in [0.29, 0.717) is 28.8 Å². The van der Waals surface area contributed by atoms with E-state index < -0.39 is 12.2 Å². The van der Waals surface area contributed by atoms with E-state index in [1.807, 2.05) is 11.4 Å². The van der Waals surface area contributed by atoms with Crippen LogP contribution in [-0.2, 0) is 16.1 Å². The predicted octanol–water partition coefficient (Wildman–Crippen LogP) is 2.01. The highest BCUT2D eigenvalue weighted by Gasteiger charge is 2.29. The zero-order valence-corrected chi connectivity index (χ0v) is 15.5. The Morgan fingerprint density at radius 1 is 1.32 bits per heavy atom. The van der Waals surface area contributed by atoms with Gasteiger partial charge in [0.15, 0.2) is 0 Å². The Morgan fingerprint density at radius 3 is 2.89 bits per heavy atom. The van der Waals surface area contributed by atoms with Crippen molar-refractivity contribution in [3.63, 3.8) is 0 Å². The van der Waals surface area contributed by atoms with Crippen LogP contribution in [0, 0.1) is 0 Å². The van der Waals surface area contributed by atoms with Crippen LogP contribution in [0.5, 0.6) is 0 Å². The number of oxazole rings is 1. The third-order valence-corrected chi connectivity index (χ3v) is 5.12. The van der Waals surface area contributed by atoms with E-state index in [-0.39, 0.29) is 19.1 Å². The van der Waals surface area contributed by atoms with Gasteiger partial charge in [0.1, 0.15) is 12.4 Å². The summed E-state index contributed by atoms with van der Waals surface area (Å²) in [5.74, 6) is 0.150. The molecule has 0 saturated carbocycles. The van der Waals surface area contributed by atoms with E-state index in [0.717, 1.165) is 5.56 Å². The van der Waals surface area contributed by atoms with Crippen LogP contribution in [0.4, 0.5) is 5.69 Å². The van der Waals surface area contributed by atoms with Gasteiger partial charge in [-0.3, -0.25) is 4.79 Å². The maximum atomic E-state index is 12.0. The zero-order valence-electron chi connectivity index (χ0n) is 14.7. The quantitative estimate of drug-likeness (QED) is 0.633. The van der Waals surface area contributed by atoms with Gasteiger partial charge in [-0.05, 0) is 35.7 Å². The Morgan fingerprint density at radius 2 is 2.14 bits per heavy atom. The maximum Gasteiger partial charge on any atom is 0.356 e. The molecule has 1 fully saturated rings. The average molecular weight is 399 g/mol. The smallest absolute Gasteiger partial charge is 0.356 e. The first-order valence-corrected chi connectivity index (χ1v) is 9.48. The van der Waals surface area contributed by atoms with Crippen molar-refractivity contribution in [2.75, 3.05) is 18.1 Å². The molecule has 0 bridgehead atoms. The van der Waals surface area contributed by atoms with E-state index in [9.17, 15) is 14.7 Å². The number of amides is 1. The molecule has 1 aromatic carbocycles. The summed E-state index contributed by atoms with van der Waals surface area (Å²) < 4.78 is 10.5. The molecule has 0 spiro atoms. The highest BCUT2D eigenvalue weighted by atomic mass is 32.1. The molecule has 4 rings (SSSR count). The van der Waals surface area contributed by atoms with Gasteiger partial charge in [0.25, 0.3) is 5.91 Å². The van der Waals surface area contributed by atoms with Gasteiger partial charge in [0, 0.05) is 11.3 Å². The molecular weight excluding hydrogens is 382 g/mol. The lowest BCUT2D eigenvalue weighted by Crippen LogP contribution is -2.48. The molecule has 28 heavy (non-hydrogen) atoms. The summed E-state index contributed by atoms with van der Waals surface area (Å²) in [7, 11) is 0. The number of rotatable bonds is 5. The van der Waals surface area contributed by atoms with Gasteiger partial charge in [-0.2, -0.15) is 0 Å². The number of cyclic esters (lactones) is 1. The van der Waals surface area contributed by atoms with Crippen molar-refractivity contribution in [2.24, 2.45) is 0 Å². The second kappa shape index (κ2) is 7.83. The van der Waals surface area contributed by atoms with Crippen LogP contribution in [0.25, 0.3) is 11.5 Å². The molecule has 3 heterocycles. The van der Waals surface area contributed by atoms with Crippen LogP contribution < -0.4 is 10.2 Å². The topological polar surface area (TPSA) is 105 Å². The third-order valence-electron chi connectivity index (χ3n) is 4.25. The molecule has 2 aromatic heterocycles. The normalized spacial score (nSPS) is 16.7. The van der Waals surface area contributed by atoms with Crippen LogP contribution in [-0.4, -0.2) is 41.3 Å². The van der Waals surface area contributed by atoms with E-state index in [1.54, 1.807) is 41.4 Å². The number of anilines is 1. The molecule has 2 N–H and O–H groups in total. The number of ether oxygens (including phenoxy) is 1. The Kier molecular flexibility index (Phi) is 5.09. The van der Waals surface area contributed by atoms with Gasteiger partial charge in [-0.15, -0.1) is 11.3 Å². The van der Waals surface area contributed by atoms with E-state index in [1.165, 1.54) is 11.3 Å². The number of benzene rings is 1. The number of aromatic nitrogens is 1. The Balaban J connectivity index is 1.41. The third kappa shape index (κ3) is 3.75. The van der Waals surface area contributed by atoms with Gasteiger partial charge in [0.05, 0.1) is 24.2 Å². The second-order valence-electron chi connectivity index (χ2n) is 6.07. The summed E-state index contributed by atoms with van der Waals surface area (Å²) in [5, 5.41) is 14.6. The van der Waals surface area contributed by atoms with Gasteiger partial charge in [0.2, 0.25) is 12.1 Å². The van der Waals surface area contributed by atoms with Gasteiger partial charge < -0.3 is 24.5 Å². The lowest BCUT2D eigenvalue weighted by molar-refractivity contribution is -0.157. The highest BCUT2D eigenvalue weighted by Crippen LogP contribution is 2.25. The van der Waals surface area contributed by atoms with Crippen molar-refractivity contribution in [3.05, 3.63) is 58.6 Å². The van der Waals surface area contributed by atoms with Crippen molar-refractivity contribution in [3.8, 4) is 11.5 Å². The fourth-order valence-corrected chi connectivity index (χ4v) is 3.46. The average Bonchev–Trinajstić information content (AvgIpc) is 3.41. The minimum absolute atomic E-state index is 0.157. The van der Waals surface area contributed by atoms with Crippen molar-refractivity contribution in [1.82, 2.24) is 10.3 Å². The number of carbonyl (C=O) groups is 2. The molecule has 144 valence electrons. The number of aliphatic hydroxyl groups excluding tert-OH is 1. The first kappa shape index (κ1) is 18.2. The number of esters is 1. The molecule has 1 aliphatic rings. The van der Waals surface area contributed by atoms with E-state index in [4.69, 9.17) is 9.15 Å². The lowest BCUT2D eigenvalue weighted by Gasteiger charge is -2.32. The zero-order chi connectivity index (χ0) is 19.5. The van der Waals surface area contributed by atoms with Crippen LogP contribution in [0.3, 0.4) is 0 Å². The lowest BCUT2D eigenvalue weighted by atomic mass is 10.2. The van der Waals surface area contributed by atoms with Crippen molar-refractivity contribution < 1.29 is 23.8 Å². The van der Waals surface area contributed by atoms with Crippen molar-refractivity contribution in [2.45, 2.75) is 12.8 Å². The monoisotopic (exact) mass is 399 g/mol. The van der Waals surface area contributed by atoms with Gasteiger partial charge in [-0.25, -0.2) is 9.78 Å². The molecule has 0 unspecified atom stereocenters. The largest absolute Gasteiger partial charge is 0.460 e. The number of hydrogen-bond donors (Lipinski definition) is 2. The summed E-state index contributed by atoms with van der Waals surface area (Å²) in [4.78, 5) is 29.9. The number of thiophene rings is 1. The Labute approximate surface area is 164 Å². The molecule has 1 aliphatic heterocycles. The summed E-state index contributed by atoms with van der Waals surface area (Å²) in [6, 6.07) is 10.7. The first-order chi connectivity index (χ1) is 13.6. The van der Waals surface area contributed by atoms with Crippen LogP contribution in [0.15, 0.2) is 52.4 Å². The summed E-state index contributed by atoms with van der Waals surface area (Å²) in [6.45, 7) is 0.890. The fourth-order valence-electron chi connectivity index (χ4n) is 2.82. The number of hydrogen-bond acceptors (Lipinski definition) is 8. The Hall–Kier alpha value is -3.17. The Bertz CT molecular complexity index is 968.